The van der Waals surface area contributed by atoms with Crippen molar-refractivity contribution in [2.45, 2.75) is 43.2 Å². The second-order valence-corrected chi connectivity index (χ2v) is 7.14. The lowest BCUT2D eigenvalue weighted by Crippen LogP contribution is -2.48. The Morgan fingerprint density at radius 2 is 2.16 bits per heavy atom. The molecule has 1 aromatic heterocycles. The van der Waals surface area contributed by atoms with Gasteiger partial charge in [-0.05, 0) is 38.8 Å². The highest BCUT2D eigenvalue weighted by atomic mass is 35.5. The fraction of sp³-hybridized carbons (Fsp3) is 0.500. The predicted octanol–water partition coefficient (Wildman–Crippen LogP) is 2.19. The Hall–Kier alpha value is -1.16. The first-order valence-electron chi connectivity index (χ1n) is 5.87. The van der Waals surface area contributed by atoms with Crippen LogP contribution in [0.2, 0.25) is 5.15 Å². The van der Waals surface area contributed by atoms with Gasteiger partial charge in [-0.1, -0.05) is 11.6 Å². The number of rotatable bonds is 4. The van der Waals surface area contributed by atoms with Gasteiger partial charge in [0.1, 0.15) is 15.6 Å². The third kappa shape index (κ3) is 2.59. The largest absolute Gasteiger partial charge is 0.247 e. The van der Waals surface area contributed by atoms with Crippen molar-refractivity contribution in [3.05, 3.63) is 23.5 Å². The van der Waals surface area contributed by atoms with E-state index in [0.717, 1.165) is 12.8 Å². The molecule has 0 radical (unpaired) electrons. The lowest BCUT2D eigenvalue weighted by Gasteiger charge is -2.32. The maximum atomic E-state index is 12.7. The van der Waals surface area contributed by atoms with Crippen molar-refractivity contribution in [1.29, 1.82) is 5.26 Å². The van der Waals surface area contributed by atoms with Crippen molar-refractivity contribution in [2.75, 3.05) is 0 Å². The molecule has 7 heteroatoms. The minimum Gasteiger partial charge on any atom is -0.243 e. The SMILES string of the molecule is CC(C)(C#N)N(C1CC1)S(=O)(=O)c1cccnc1Cl. The summed E-state index contributed by atoms with van der Waals surface area (Å²) < 4.78 is 26.6. The fourth-order valence-corrected chi connectivity index (χ4v) is 4.37. The summed E-state index contributed by atoms with van der Waals surface area (Å²) in [4.78, 5) is 3.74. The molecule has 0 saturated heterocycles. The molecule has 1 aromatic rings. The first-order valence-corrected chi connectivity index (χ1v) is 7.69. The van der Waals surface area contributed by atoms with Crippen molar-refractivity contribution >= 4 is 21.6 Å². The van der Waals surface area contributed by atoms with Crippen LogP contribution in [0, 0.1) is 11.3 Å². The Kier molecular flexibility index (Phi) is 3.56. The van der Waals surface area contributed by atoms with Gasteiger partial charge in [-0.25, -0.2) is 13.4 Å². The molecule has 0 amide bonds. The molecule has 0 spiro atoms. The lowest BCUT2D eigenvalue weighted by atomic mass is 10.1. The van der Waals surface area contributed by atoms with Crippen LogP contribution in [0.1, 0.15) is 26.7 Å². The van der Waals surface area contributed by atoms with Crippen LogP contribution in [0.15, 0.2) is 23.2 Å². The van der Waals surface area contributed by atoms with Crippen LogP contribution in [0.3, 0.4) is 0 Å². The van der Waals surface area contributed by atoms with E-state index in [-0.39, 0.29) is 16.1 Å². The van der Waals surface area contributed by atoms with Gasteiger partial charge in [0, 0.05) is 12.2 Å². The van der Waals surface area contributed by atoms with E-state index in [2.05, 4.69) is 4.98 Å². The molecule has 102 valence electrons. The third-order valence-electron chi connectivity index (χ3n) is 2.96. The molecule has 0 bridgehead atoms. The Morgan fingerprint density at radius 1 is 1.53 bits per heavy atom. The van der Waals surface area contributed by atoms with E-state index < -0.39 is 15.6 Å². The molecule has 1 saturated carbocycles. The highest BCUT2D eigenvalue weighted by Gasteiger charge is 2.47. The Balaban J connectivity index is 2.54. The second-order valence-electron chi connectivity index (χ2n) is 5.00. The number of halogens is 1. The first-order chi connectivity index (χ1) is 8.80. The molecule has 0 aliphatic heterocycles. The van der Waals surface area contributed by atoms with E-state index in [0.29, 0.717) is 0 Å². The first kappa shape index (κ1) is 14.3. The van der Waals surface area contributed by atoms with Gasteiger partial charge in [-0.2, -0.15) is 9.57 Å². The van der Waals surface area contributed by atoms with Gasteiger partial charge >= 0.3 is 0 Å². The summed E-state index contributed by atoms with van der Waals surface area (Å²) in [5.41, 5.74) is -1.11. The summed E-state index contributed by atoms with van der Waals surface area (Å²) in [6.45, 7) is 3.18. The normalized spacial score (nSPS) is 16.4. The number of nitrogens with zero attached hydrogens (tertiary/aromatic N) is 3. The molecule has 5 nitrogen and oxygen atoms in total. The van der Waals surface area contributed by atoms with Crippen LogP contribution >= 0.6 is 11.6 Å². The van der Waals surface area contributed by atoms with Gasteiger partial charge in [-0.3, -0.25) is 0 Å². The number of pyridine rings is 1. The molecule has 0 aromatic carbocycles. The van der Waals surface area contributed by atoms with E-state index in [4.69, 9.17) is 11.6 Å². The van der Waals surface area contributed by atoms with Crippen molar-refractivity contribution in [1.82, 2.24) is 9.29 Å². The van der Waals surface area contributed by atoms with Crippen molar-refractivity contribution < 1.29 is 8.42 Å². The summed E-state index contributed by atoms with van der Waals surface area (Å²) in [6, 6.07) is 4.84. The number of nitriles is 1. The minimum absolute atomic E-state index is 0.0492. The van der Waals surface area contributed by atoms with Crippen LogP contribution < -0.4 is 0 Å². The third-order valence-corrected chi connectivity index (χ3v) is 5.54. The van der Waals surface area contributed by atoms with Gasteiger partial charge in [0.25, 0.3) is 0 Å². The van der Waals surface area contributed by atoms with Crippen LogP contribution in [-0.4, -0.2) is 29.3 Å². The molecule has 0 unspecified atom stereocenters. The van der Waals surface area contributed by atoms with E-state index in [1.54, 1.807) is 13.8 Å². The topological polar surface area (TPSA) is 74.1 Å². The number of hydrogen-bond acceptors (Lipinski definition) is 4. The zero-order valence-corrected chi connectivity index (χ0v) is 12.2. The molecule has 2 rings (SSSR count). The van der Waals surface area contributed by atoms with Crippen LogP contribution in [-0.2, 0) is 10.0 Å². The zero-order chi connectivity index (χ0) is 14.3. The predicted molar refractivity (Wildman–Crippen MR) is 71.0 cm³/mol. The highest BCUT2D eigenvalue weighted by Crippen LogP contribution is 2.38. The molecule has 1 heterocycles. The summed E-state index contributed by atoms with van der Waals surface area (Å²) in [5, 5.41) is 9.15. The number of sulfonamides is 1. The average molecular weight is 300 g/mol. The number of hydrogen-bond donors (Lipinski definition) is 0. The summed E-state index contributed by atoms with van der Waals surface area (Å²) in [5.74, 6) is 0. The van der Waals surface area contributed by atoms with Gasteiger partial charge in [-0.15, -0.1) is 0 Å². The van der Waals surface area contributed by atoms with Crippen molar-refractivity contribution in [3.8, 4) is 6.07 Å². The Labute approximate surface area is 117 Å². The second kappa shape index (κ2) is 4.75. The molecule has 1 aliphatic rings. The van der Waals surface area contributed by atoms with Gasteiger partial charge < -0.3 is 0 Å². The van der Waals surface area contributed by atoms with Gasteiger partial charge in [0.2, 0.25) is 10.0 Å². The average Bonchev–Trinajstić information content (AvgIpc) is 3.13. The number of aromatic nitrogens is 1. The van der Waals surface area contributed by atoms with Crippen LogP contribution in [0.4, 0.5) is 0 Å². The molecule has 19 heavy (non-hydrogen) atoms. The summed E-state index contributed by atoms with van der Waals surface area (Å²) >= 11 is 5.87. The van der Waals surface area contributed by atoms with Gasteiger partial charge in [0.15, 0.2) is 0 Å². The monoisotopic (exact) mass is 299 g/mol. The Morgan fingerprint density at radius 3 is 2.63 bits per heavy atom. The molecule has 0 atom stereocenters. The molecular formula is C12H14ClN3O2S. The minimum atomic E-state index is -3.82. The summed E-state index contributed by atoms with van der Waals surface area (Å²) in [7, 11) is -3.82. The molecule has 1 fully saturated rings. The van der Waals surface area contributed by atoms with Crippen molar-refractivity contribution in [2.24, 2.45) is 0 Å². The maximum Gasteiger partial charge on any atom is 0.247 e. The fourth-order valence-electron chi connectivity index (χ4n) is 1.98. The van der Waals surface area contributed by atoms with Crippen LogP contribution in [0.5, 0.6) is 0 Å². The van der Waals surface area contributed by atoms with E-state index in [1.807, 2.05) is 6.07 Å². The molecule has 1 aliphatic carbocycles. The smallest absolute Gasteiger partial charge is 0.243 e. The quantitative estimate of drug-likeness (QED) is 0.799. The maximum absolute atomic E-state index is 12.7. The lowest BCUT2D eigenvalue weighted by molar-refractivity contribution is 0.280. The standard InChI is InChI=1S/C12H14ClN3O2S/c1-12(2,8-14)16(9-5-6-9)19(17,18)10-4-3-7-15-11(10)13/h3-4,7,9H,5-6H2,1-2H3. The van der Waals surface area contributed by atoms with E-state index >= 15 is 0 Å². The molecular weight excluding hydrogens is 286 g/mol. The van der Waals surface area contributed by atoms with E-state index in [1.165, 1.54) is 22.6 Å². The summed E-state index contributed by atoms with van der Waals surface area (Å²) in [6.07, 6.45) is 2.96. The van der Waals surface area contributed by atoms with Crippen LogP contribution in [0.25, 0.3) is 0 Å². The molecule has 0 N–H and O–H groups in total. The zero-order valence-electron chi connectivity index (χ0n) is 10.7. The van der Waals surface area contributed by atoms with E-state index in [9.17, 15) is 13.7 Å². The Bertz CT molecular complexity index is 633. The van der Waals surface area contributed by atoms with Gasteiger partial charge in [0.05, 0.1) is 6.07 Å². The van der Waals surface area contributed by atoms with Crippen molar-refractivity contribution in [3.63, 3.8) is 0 Å². The highest BCUT2D eigenvalue weighted by molar-refractivity contribution is 7.89.